The lowest BCUT2D eigenvalue weighted by Gasteiger charge is -2.22. The van der Waals surface area contributed by atoms with Crippen LogP contribution in [-0.4, -0.2) is 18.8 Å². The van der Waals surface area contributed by atoms with E-state index in [1.807, 2.05) is 6.92 Å². The topological polar surface area (TPSA) is 12.0 Å². The van der Waals surface area contributed by atoms with Gasteiger partial charge in [0.15, 0.2) is 0 Å². The van der Waals surface area contributed by atoms with Crippen LogP contribution in [0.4, 0.5) is 4.39 Å². The van der Waals surface area contributed by atoms with Crippen LogP contribution < -0.4 is 5.32 Å². The summed E-state index contributed by atoms with van der Waals surface area (Å²) in [4.78, 5) is 0. The highest BCUT2D eigenvalue weighted by atomic mass is 19.1. The van der Waals surface area contributed by atoms with Gasteiger partial charge in [0.05, 0.1) is 0 Å². The molecule has 48 valence electrons. The third-order valence-electron chi connectivity index (χ3n) is 1.56. The van der Waals surface area contributed by atoms with Gasteiger partial charge in [-0.3, -0.25) is 0 Å². The summed E-state index contributed by atoms with van der Waals surface area (Å²) in [7, 11) is 0. The molecule has 2 heteroatoms. The van der Waals surface area contributed by atoms with E-state index in [4.69, 9.17) is 0 Å². The molecule has 0 unspecified atom stereocenters. The van der Waals surface area contributed by atoms with Crippen molar-refractivity contribution >= 4 is 0 Å². The van der Waals surface area contributed by atoms with Crippen LogP contribution in [0.2, 0.25) is 0 Å². The van der Waals surface area contributed by atoms with E-state index in [0.29, 0.717) is 18.9 Å². The van der Waals surface area contributed by atoms with E-state index in [1.54, 1.807) is 0 Å². The smallest absolute Gasteiger partial charge is 0.103 e. The molecule has 1 N–H and O–H groups in total. The van der Waals surface area contributed by atoms with E-state index in [9.17, 15) is 4.39 Å². The number of halogens is 1. The predicted octanol–water partition coefficient (Wildman–Crippen LogP) is 1.10. The molecule has 1 aliphatic rings. The molecule has 1 saturated heterocycles. The average Bonchev–Trinajstić information content (AvgIpc) is 1.64. The minimum Gasteiger partial charge on any atom is -0.314 e. The zero-order valence-corrected chi connectivity index (χ0v) is 5.15. The number of rotatable bonds is 0. The lowest BCUT2D eigenvalue weighted by molar-refractivity contribution is 0.230. The third kappa shape index (κ3) is 1.44. The molecule has 0 aromatic rings. The molecule has 0 bridgehead atoms. The first-order valence-corrected chi connectivity index (χ1v) is 3.16. The lowest BCUT2D eigenvalue weighted by Crippen LogP contribution is -2.36. The summed E-state index contributed by atoms with van der Waals surface area (Å²) in [5, 5.41) is 3.17. The average molecular weight is 117 g/mol. The Labute approximate surface area is 49.3 Å². The SMILES string of the molecule is C[C@H]1C[C@@H](F)CCN1. The fourth-order valence-electron chi connectivity index (χ4n) is 1.07. The largest absolute Gasteiger partial charge is 0.314 e. The molecule has 8 heavy (non-hydrogen) atoms. The van der Waals surface area contributed by atoms with Crippen molar-refractivity contribution in [2.75, 3.05) is 6.54 Å². The molecule has 0 aromatic heterocycles. The molecule has 1 fully saturated rings. The van der Waals surface area contributed by atoms with Gasteiger partial charge in [0.2, 0.25) is 0 Å². The van der Waals surface area contributed by atoms with E-state index in [-0.39, 0.29) is 0 Å². The van der Waals surface area contributed by atoms with Crippen molar-refractivity contribution in [2.24, 2.45) is 0 Å². The predicted molar refractivity (Wildman–Crippen MR) is 31.6 cm³/mol. The fraction of sp³-hybridized carbons (Fsp3) is 1.00. The number of hydrogen-bond acceptors (Lipinski definition) is 1. The molecule has 0 aromatic carbocycles. The summed E-state index contributed by atoms with van der Waals surface area (Å²) in [5.74, 6) is 0. The van der Waals surface area contributed by atoms with Crippen molar-refractivity contribution in [3.05, 3.63) is 0 Å². The first-order valence-electron chi connectivity index (χ1n) is 3.16. The molecule has 0 spiro atoms. The first-order chi connectivity index (χ1) is 3.79. The van der Waals surface area contributed by atoms with Crippen LogP contribution in [0.25, 0.3) is 0 Å². The highest BCUT2D eigenvalue weighted by Gasteiger charge is 2.15. The summed E-state index contributed by atoms with van der Waals surface area (Å²) in [6.07, 6.45) is 0.843. The van der Waals surface area contributed by atoms with Gasteiger partial charge in [-0.1, -0.05) is 0 Å². The maximum atomic E-state index is 12.4. The molecule has 1 aliphatic heterocycles. The zero-order valence-electron chi connectivity index (χ0n) is 5.15. The van der Waals surface area contributed by atoms with E-state index in [1.165, 1.54) is 0 Å². The second-order valence-corrected chi connectivity index (χ2v) is 2.48. The van der Waals surface area contributed by atoms with Crippen LogP contribution in [0.5, 0.6) is 0 Å². The Morgan fingerprint density at radius 3 is 2.75 bits per heavy atom. The standard InChI is InChI=1S/C6H12FN/c1-5-4-6(7)2-3-8-5/h5-6,8H,2-4H2,1H3/t5-,6-/m0/s1. The normalized spacial score (nSPS) is 39.8. The second-order valence-electron chi connectivity index (χ2n) is 2.48. The van der Waals surface area contributed by atoms with E-state index in [0.717, 1.165) is 6.54 Å². The molecule has 0 aliphatic carbocycles. The van der Waals surface area contributed by atoms with Gasteiger partial charge in [0, 0.05) is 6.04 Å². The highest BCUT2D eigenvalue weighted by molar-refractivity contribution is 4.73. The van der Waals surface area contributed by atoms with Crippen molar-refractivity contribution in [3.8, 4) is 0 Å². The molecule has 1 nitrogen and oxygen atoms in total. The van der Waals surface area contributed by atoms with Crippen LogP contribution in [-0.2, 0) is 0 Å². The highest BCUT2D eigenvalue weighted by Crippen LogP contribution is 2.10. The van der Waals surface area contributed by atoms with Crippen molar-refractivity contribution in [1.82, 2.24) is 5.32 Å². The molecule has 0 amide bonds. The number of piperidine rings is 1. The van der Waals surface area contributed by atoms with Crippen molar-refractivity contribution in [1.29, 1.82) is 0 Å². The van der Waals surface area contributed by atoms with Crippen LogP contribution in [0.15, 0.2) is 0 Å². The Bertz CT molecular complexity index is 66.9. The number of nitrogens with one attached hydrogen (secondary N) is 1. The van der Waals surface area contributed by atoms with Gasteiger partial charge in [-0.25, -0.2) is 4.39 Å². The van der Waals surface area contributed by atoms with Gasteiger partial charge in [-0.2, -0.15) is 0 Å². The fourth-order valence-corrected chi connectivity index (χ4v) is 1.07. The van der Waals surface area contributed by atoms with Gasteiger partial charge in [-0.15, -0.1) is 0 Å². The van der Waals surface area contributed by atoms with Crippen molar-refractivity contribution in [2.45, 2.75) is 32.0 Å². The molecule has 1 rings (SSSR count). The van der Waals surface area contributed by atoms with Crippen molar-refractivity contribution in [3.63, 3.8) is 0 Å². The van der Waals surface area contributed by atoms with Crippen LogP contribution in [0.1, 0.15) is 19.8 Å². The first kappa shape index (κ1) is 6.02. The minimum absolute atomic E-state index is 0.388. The van der Waals surface area contributed by atoms with Crippen LogP contribution in [0.3, 0.4) is 0 Å². The summed E-state index contributed by atoms with van der Waals surface area (Å²) in [6, 6.07) is 0.388. The monoisotopic (exact) mass is 117 g/mol. The third-order valence-corrected chi connectivity index (χ3v) is 1.56. The summed E-state index contributed by atoms with van der Waals surface area (Å²) in [5.41, 5.74) is 0. The van der Waals surface area contributed by atoms with Gasteiger partial charge in [0.1, 0.15) is 6.17 Å². The zero-order chi connectivity index (χ0) is 5.98. The Kier molecular flexibility index (Phi) is 1.84. The molecule has 0 saturated carbocycles. The molecule has 2 atom stereocenters. The van der Waals surface area contributed by atoms with Crippen LogP contribution >= 0.6 is 0 Å². The minimum atomic E-state index is -0.550. The molecular weight excluding hydrogens is 105 g/mol. The lowest BCUT2D eigenvalue weighted by atomic mass is 10.1. The van der Waals surface area contributed by atoms with Crippen LogP contribution in [0, 0.1) is 0 Å². The van der Waals surface area contributed by atoms with Gasteiger partial charge in [0.25, 0.3) is 0 Å². The maximum absolute atomic E-state index is 12.4. The second kappa shape index (κ2) is 2.44. The van der Waals surface area contributed by atoms with E-state index in [2.05, 4.69) is 5.32 Å². The maximum Gasteiger partial charge on any atom is 0.103 e. The molecule has 1 heterocycles. The Morgan fingerprint density at radius 2 is 2.38 bits per heavy atom. The van der Waals surface area contributed by atoms with Crippen molar-refractivity contribution < 1.29 is 4.39 Å². The van der Waals surface area contributed by atoms with Gasteiger partial charge in [-0.05, 0) is 26.3 Å². The summed E-state index contributed by atoms with van der Waals surface area (Å²) in [6.45, 7) is 2.87. The quantitative estimate of drug-likeness (QED) is 0.501. The Hall–Kier alpha value is -0.110. The van der Waals surface area contributed by atoms with Gasteiger partial charge >= 0.3 is 0 Å². The summed E-state index contributed by atoms with van der Waals surface area (Å²) >= 11 is 0. The molecule has 0 radical (unpaired) electrons. The van der Waals surface area contributed by atoms with E-state index >= 15 is 0 Å². The molecular formula is C6H12FN. The number of hydrogen-bond donors (Lipinski definition) is 1. The van der Waals surface area contributed by atoms with Gasteiger partial charge < -0.3 is 5.32 Å². The Morgan fingerprint density at radius 1 is 1.62 bits per heavy atom. The summed E-state index contributed by atoms with van der Waals surface area (Å²) < 4.78 is 12.4. The number of alkyl halides is 1. The van der Waals surface area contributed by atoms with E-state index < -0.39 is 6.17 Å². The Balaban J connectivity index is 2.23.